The summed E-state index contributed by atoms with van der Waals surface area (Å²) in [6, 6.07) is 24.0. The van der Waals surface area contributed by atoms with E-state index in [0.29, 0.717) is 11.4 Å². The highest BCUT2D eigenvalue weighted by Crippen LogP contribution is 2.31. The fourth-order valence-electron chi connectivity index (χ4n) is 3.01. The van der Waals surface area contributed by atoms with Crippen molar-refractivity contribution in [2.45, 2.75) is 6.92 Å². The van der Waals surface area contributed by atoms with Crippen molar-refractivity contribution in [2.24, 2.45) is 0 Å². The number of anilines is 2. The molecule has 0 bridgehead atoms. The van der Waals surface area contributed by atoms with Crippen molar-refractivity contribution < 1.29 is 14.6 Å². The van der Waals surface area contributed by atoms with E-state index in [9.17, 15) is 9.90 Å². The standard InChI is InChI=1S/C23H18N2O3/c1-15-12-22(25-17-7-5-6-16(13-17)23(26)27)20-14-19(10-11-21(20)24-15)28-18-8-3-2-4-9-18/h2-14H,1H3,(H,24,25)(H,26,27). The van der Waals surface area contributed by atoms with E-state index < -0.39 is 5.97 Å². The first-order chi connectivity index (χ1) is 13.6. The summed E-state index contributed by atoms with van der Waals surface area (Å²) in [7, 11) is 0. The van der Waals surface area contributed by atoms with Crippen molar-refractivity contribution in [3.05, 3.63) is 90.1 Å². The summed E-state index contributed by atoms with van der Waals surface area (Å²) >= 11 is 0. The normalized spacial score (nSPS) is 10.6. The number of aromatic carboxylic acids is 1. The van der Waals surface area contributed by atoms with Crippen LogP contribution in [0.1, 0.15) is 16.1 Å². The van der Waals surface area contributed by atoms with E-state index in [2.05, 4.69) is 10.3 Å². The number of pyridine rings is 1. The molecule has 0 atom stereocenters. The highest BCUT2D eigenvalue weighted by Gasteiger charge is 2.09. The number of nitrogens with zero attached hydrogens (tertiary/aromatic N) is 1. The van der Waals surface area contributed by atoms with Crippen molar-refractivity contribution >= 4 is 28.2 Å². The van der Waals surface area contributed by atoms with E-state index in [0.717, 1.165) is 28.0 Å². The summed E-state index contributed by atoms with van der Waals surface area (Å²) < 4.78 is 5.94. The van der Waals surface area contributed by atoms with Crippen LogP contribution < -0.4 is 10.1 Å². The molecule has 4 aromatic rings. The zero-order valence-electron chi connectivity index (χ0n) is 15.2. The number of carboxylic acids is 1. The third kappa shape index (κ3) is 3.78. The van der Waals surface area contributed by atoms with E-state index in [-0.39, 0.29) is 5.56 Å². The Morgan fingerprint density at radius 1 is 0.929 bits per heavy atom. The van der Waals surface area contributed by atoms with Gasteiger partial charge in [-0.25, -0.2) is 4.79 Å². The lowest BCUT2D eigenvalue weighted by molar-refractivity contribution is 0.0697. The number of aromatic nitrogens is 1. The summed E-state index contributed by atoms with van der Waals surface area (Å²) in [5.74, 6) is 0.496. The lowest BCUT2D eigenvalue weighted by Crippen LogP contribution is -1.99. The highest BCUT2D eigenvalue weighted by molar-refractivity contribution is 5.95. The van der Waals surface area contributed by atoms with Crippen LogP contribution >= 0.6 is 0 Å². The second-order valence-electron chi connectivity index (χ2n) is 6.42. The summed E-state index contributed by atoms with van der Waals surface area (Å²) in [6.07, 6.45) is 0. The average molecular weight is 370 g/mol. The number of nitrogens with one attached hydrogen (secondary N) is 1. The topological polar surface area (TPSA) is 71.5 Å². The lowest BCUT2D eigenvalue weighted by Gasteiger charge is -2.13. The number of para-hydroxylation sites is 1. The van der Waals surface area contributed by atoms with Crippen LogP contribution in [-0.2, 0) is 0 Å². The van der Waals surface area contributed by atoms with Gasteiger partial charge in [-0.05, 0) is 61.5 Å². The van der Waals surface area contributed by atoms with Crippen LogP contribution in [-0.4, -0.2) is 16.1 Å². The van der Waals surface area contributed by atoms with Crippen LogP contribution in [0.15, 0.2) is 78.9 Å². The molecule has 0 aliphatic carbocycles. The molecule has 4 rings (SSSR count). The quantitative estimate of drug-likeness (QED) is 0.466. The SMILES string of the molecule is Cc1cc(Nc2cccc(C(=O)O)c2)c2cc(Oc3ccccc3)ccc2n1. The largest absolute Gasteiger partial charge is 0.478 e. The van der Waals surface area contributed by atoms with Crippen molar-refractivity contribution in [3.63, 3.8) is 0 Å². The van der Waals surface area contributed by atoms with Crippen LogP contribution in [0.2, 0.25) is 0 Å². The monoisotopic (exact) mass is 370 g/mol. The van der Waals surface area contributed by atoms with Crippen molar-refractivity contribution in [1.82, 2.24) is 4.98 Å². The molecule has 0 amide bonds. The van der Waals surface area contributed by atoms with Gasteiger partial charge in [-0.3, -0.25) is 4.98 Å². The molecule has 3 aromatic carbocycles. The predicted molar refractivity (Wildman–Crippen MR) is 110 cm³/mol. The number of aryl methyl sites for hydroxylation is 1. The van der Waals surface area contributed by atoms with Gasteiger partial charge in [0.2, 0.25) is 0 Å². The number of carbonyl (C=O) groups is 1. The number of fused-ring (bicyclic) bond motifs is 1. The predicted octanol–water partition coefficient (Wildman–Crippen LogP) is 5.78. The van der Waals surface area contributed by atoms with Gasteiger partial charge in [0.1, 0.15) is 11.5 Å². The minimum absolute atomic E-state index is 0.230. The van der Waals surface area contributed by atoms with Crippen LogP contribution in [0, 0.1) is 6.92 Å². The Balaban J connectivity index is 1.73. The minimum atomic E-state index is -0.960. The average Bonchev–Trinajstić information content (AvgIpc) is 2.69. The molecule has 5 heteroatoms. The molecule has 0 saturated carbocycles. The Morgan fingerprint density at radius 2 is 1.75 bits per heavy atom. The fourth-order valence-corrected chi connectivity index (χ4v) is 3.01. The Kier molecular flexibility index (Phi) is 4.64. The molecule has 5 nitrogen and oxygen atoms in total. The third-order valence-electron chi connectivity index (χ3n) is 4.28. The molecular weight excluding hydrogens is 352 g/mol. The summed E-state index contributed by atoms with van der Waals surface area (Å²) in [4.78, 5) is 15.8. The fraction of sp³-hybridized carbons (Fsp3) is 0.0435. The van der Waals surface area contributed by atoms with Gasteiger partial charge in [0.05, 0.1) is 11.1 Å². The van der Waals surface area contributed by atoms with Crippen LogP contribution in [0.25, 0.3) is 10.9 Å². The molecule has 1 aromatic heterocycles. The minimum Gasteiger partial charge on any atom is -0.478 e. The molecular formula is C23H18N2O3. The summed E-state index contributed by atoms with van der Waals surface area (Å²) in [5, 5.41) is 13.4. The second kappa shape index (κ2) is 7.40. The highest BCUT2D eigenvalue weighted by atomic mass is 16.5. The van der Waals surface area contributed by atoms with Gasteiger partial charge in [-0.2, -0.15) is 0 Å². The Labute approximate surface area is 162 Å². The molecule has 0 unspecified atom stereocenters. The Hall–Kier alpha value is -3.86. The molecule has 0 saturated heterocycles. The number of hydrogen-bond donors (Lipinski definition) is 2. The maximum atomic E-state index is 11.2. The molecule has 0 aliphatic heterocycles. The molecule has 2 N–H and O–H groups in total. The number of hydrogen-bond acceptors (Lipinski definition) is 4. The van der Waals surface area contributed by atoms with Gasteiger partial charge in [0.15, 0.2) is 0 Å². The second-order valence-corrected chi connectivity index (χ2v) is 6.42. The van der Waals surface area contributed by atoms with Crippen molar-refractivity contribution in [2.75, 3.05) is 5.32 Å². The molecule has 1 heterocycles. The van der Waals surface area contributed by atoms with Gasteiger partial charge >= 0.3 is 5.97 Å². The van der Waals surface area contributed by atoms with Crippen LogP contribution in [0.5, 0.6) is 11.5 Å². The molecule has 0 fully saturated rings. The van der Waals surface area contributed by atoms with Gasteiger partial charge in [-0.1, -0.05) is 24.3 Å². The first-order valence-electron chi connectivity index (χ1n) is 8.83. The van der Waals surface area contributed by atoms with Crippen LogP contribution in [0.3, 0.4) is 0 Å². The zero-order chi connectivity index (χ0) is 19.5. The summed E-state index contributed by atoms with van der Waals surface area (Å²) in [5.41, 5.74) is 3.45. The maximum absolute atomic E-state index is 11.2. The molecule has 138 valence electrons. The van der Waals surface area contributed by atoms with E-state index in [1.54, 1.807) is 18.2 Å². The Bertz CT molecular complexity index is 1160. The summed E-state index contributed by atoms with van der Waals surface area (Å²) in [6.45, 7) is 1.92. The Morgan fingerprint density at radius 3 is 2.54 bits per heavy atom. The van der Waals surface area contributed by atoms with E-state index >= 15 is 0 Å². The first-order valence-corrected chi connectivity index (χ1v) is 8.83. The molecule has 0 radical (unpaired) electrons. The third-order valence-corrected chi connectivity index (χ3v) is 4.28. The van der Waals surface area contributed by atoms with Crippen molar-refractivity contribution in [3.8, 4) is 11.5 Å². The first kappa shape index (κ1) is 17.5. The van der Waals surface area contributed by atoms with Crippen LogP contribution in [0.4, 0.5) is 11.4 Å². The van der Waals surface area contributed by atoms with Crippen molar-refractivity contribution in [1.29, 1.82) is 0 Å². The molecule has 0 aliphatic rings. The number of benzene rings is 3. The van der Waals surface area contributed by atoms with E-state index in [1.807, 2.05) is 67.6 Å². The van der Waals surface area contributed by atoms with Gasteiger partial charge in [-0.15, -0.1) is 0 Å². The van der Waals surface area contributed by atoms with E-state index in [4.69, 9.17) is 4.74 Å². The van der Waals surface area contributed by atoms with Gasteiger partial charge in [0.25, 0.3) is 0 Å². The lowest BCUT2D eigenvalue weighted by atomic mass is 10.1. The zero-order valence-corrected chi connectivity index (χ0v) is 15.2. The number of rotatable bonds is 5. The number of carboxylic acid groups (broad SMARTS) is 1. The maximum Gasteiger partial charge on any atom is 0.335 e. The molecule has 28 heavy (non-hydrogen) atoms. The smallest absolute Gasteiger partial charge is 0.335 e. The van der Waals surface area contributed by atoms with Gasteiger partial charge < -0.3 is 15.2 Å². The van der Waals surface area contributed by atoms with E-state index in [1.165, 1.54) is 0 Å². The number of ether oxygens (including phenoxy) is 1. The van der Waals surface area contributed by atoms with Gasteiger partial charge in [0, 0.05) is 22.5 Å². The molecule has 0 spiro atoms.